The highest BCUT2D eigenvalue weighted by atomic mass is 32.2. The first kappa shape index (κ1) is 11.9. The summed E-state index contributed by atoms with van der Waals surface area (Å²) < 4.78 is 4.94. The van der Waals surface area contributed by atoms with Crippen LogP contribution in [0.5, 0.6) is 0 Å². The van der Waals surface area contributed by atoms with E-state index in [9.17, 15) is 4.79 Å². The average Bonchev–Trinajstić information content (AvgIpc) is 2.26. The van der Waals surface area contributed by atoms with E-state index in [0.29, 0.717) is 0 Å². The topological polar surface area (TPSA) is 26.3 Å². The Hall–Kier alpha value is -0.180. The van der Waals surface area contributed by atoms with Gasteiger partial charge in [0.2, 0.25) is 0 Å². The van der Waals surface area contributed by atoms with Crippen LogP contribution >= 0.6 is 11.8 Å². The number of esters is 1. The fourth-order valence-electron chi connectivity index (χ4n) is 2.30. The first-order valence-electron chi connectivity index (χ1n) is 5.32. The Morgan fingerprint density at radius 2 is 2.00 bits per heavy atom. The highest BCUT2D eigenvalue weighted by molar-refractivity contribution is 7.98. The van der Waals surface area contributed by atoms with Gasteiger partial charge in [0.1, 0.15) is 0 Å². The van der Waals surface area contributed by atoms with Crippen LogP contribution in [0.1, 0.15) is 38.5 Å². The fourth-order valence-corrected chi connectivity index (χ4v) is 2.89. The van der Waals surface area contributed by atoms with Crippen LogP contribution in [0.2, 0.25) is 0 Å². The standard InChI is InChI=1S/C11H20O2S/c1-13-10(12)11(8-9-14-2)6-4-3-5-7-11/h3-9H2,1-2H3. The van der Waals surface area contributed by atoms with Crippen LogP contribution in [-0.4, -0.2) is 25.1 Å². The van der Waals surface area contributed by atoms with Crippen LogP contribution in [0.15, 0.2) is 0 Å². The van der Waals surface area contributed by atoms with Crippen LogP contribution in [0, 0.1) is 5.41 Å². The van der Waals surface area contributed by atoms with Crippen molar-refractivity contribution in [1.82, 2.24) is 0 Å². The summed E-state index contributed by atoms with van der Waals surface area (Å²) in [6, 6.07) is 0. The molecule has 1 fully saturated rings. The predicted octanol–water partition coefficient (Wildman–Crippen LogP) is 2.86. The number of thioether (sulfide) groups is 1. The quantitative estimate of drug-likeness (QED) is 0.676. The van der Waals surface area contributed by atoms with Crippen LogP contribution in [0.4, 0.5) is 0 Å². The van der Waals surface area contributed by atoms with Gasteiger partial charge in [-0.2, -0.15) is 11.8 Å². The molecule has 1 saturated carbocycles. The van der Waals surface area contributed by atoms with Gasteiger partial charge in [-0.25, -0.2) is 0 Å². The van der Waals surface area contributed by atoms with Crippen molar-refractivity contribution in [3.63, 3.8) is 0 Å². The van der Waals surface area contributed by atoms with Gasteiger partial charge in [0.05, 0.1) is 12.5 Å². The minimum atomic E-state index is -0.143. The molecule has 1 aliphatic carbocycles. The molecule has 0 spiro atoms. The molecular formula is C11H20O2S. The summed E-state index contributed by atoms with van der Waals surface area (Å²) in [4.78, 5) is 11.8. The highest BCUT2D eigenvalue weighted by Crippen LogP contribution is 2.40. The minimum Gasteiger partial charge on any atom is -0.469 e. The lowest BCUT2D eigenvalue weighted by Gasteiger charge is -2.34. The van der Waals surface area contributed by atoms with Crippen molar-refractivity contribution in [2.24, 2.45) is 5.41 Å². The lowest BCUT2D eigenvalue weighted by molar-refractivity contribution is -0.155. The van der Waals surface area contributed by atoms with Crippen molar-refractivity contribution in [2.75, 3.05) is 19.1 Å². The molecule has 0 aliphatic heterocycles. The first-order valence-corrected chi connectivity index (χ1v) is 6.72. The van der Waals surface area contributed by atoms with Gasteiger partial charge >= 0.3 is 5.97 Å². The molecule has 0 unspecified atom stereocenters. The zero-order chi connectivity index (χ0) is 10.4. The van der Waals surface area contributed by atoms with Crippen LogP contribution in [0.25, 0.3) is 0 Å². The number of carbonyl (C=O) groups is 1. The van der Waals surface area contributed by atoms with Crippen molar-refractivity contribution >= 4 is 17.7 Å². The van der Waals surface area contributed by atoms with Gasteiger partial charge in [0, 0.05) is 0 Å². The van der Waals surface area contributed by atoms with Crippen LogP contribution in [0.3, 0.4) is 0 Å². The maximum atomic E-state index is 11.8. The summed E-state index contributed by atoms with van der Waals surface area (Å²) in [6.45, 7) is 0. The maximum absolute atomic E-state index is 11.8. The van der Waals surface area contributed by atoms with Crippen molar-refractivity contribution in [3.05, 3.63) is 0 Å². The summed E-state index contributed by atoms with van der Waals surface area (Å²) in [7, 11) is 1.51. The molecule has 3 heteroatoms. The van der Waals surface area contributed by atoms with E-state index in [2.05, 4.69) is 6.26 Å². The van der Waals surface area contributed by atoms with Gasteiger partial charge in [0.25, 0.3) is 0 Å². The van der Waals surface area contributed by atoms with Gasteiger partial charge in [0.15, 0.2) is 0 Å². The second-order valence-electron chi connectivity index (χ2n) is 4.08. The summed E-state index contributed by atoms with van der Waals surface area (Å²) >= 11 is 1.81. The number of ether oxygens (including phenoxy) is 1. The second-order valence-corrected chi connectivity index (χ2v) is 5.06. The van der Waals surface area contributed by atoms with Gasteiger partial charge in [-0.05, 0) is 31.3 Å². The highest BCUT2D eigenvalue weighted by Gasteiger charge is 2.39. The lowest BCUT2D eigenvalue weighted by Crippen LogP contribution is -2.35. The zero-order valence-corrected chi connectivity index (χ0v) is 9.99. The molecule has 0 amide bonds. The number of hydrogen-bond acceptors (Lipinski definition) is 3. The molecule has 14 heavy (non-hydrogen) atoms. The molecule has 2 nitrogen and oxygen atoms in total. The summed E-state index contributed by atoms with van der Waals surface area (Å²) in [5.41, 5.74) is -0.143. The molecular weight excluding hydrogens is 196 g/mol. The van der Waals surface area contributed by atoms with Crippen LogP contribution < -0.4 is 0 Å². The Bertz CT molecular complexity index is 186. The smallest absolute Gasteiger partial charge is 0.311 e. The van der Waals surface area contributed by atoms with Crippen molar-refractivity contribution in [1.29, 1.82) is 0 Å². The van der Waals surface area contributed by atoms with Gasteiger partial charge < -0.3 is 4.74 Å². The van der Waals surface area contributed by atoms with Crippen LogP contribution in [-0.2, 0) is 9.53 Å². The van der Waals surface area contributed by atoms with Crippen molar-refractivity contribution in [2.45, 2.75) is 38.5 Å². The Kier molecular flexibility index (Phi) is 4.79. The van der Waals surface area contributed by atoms with E-state index >= 15 is 0 Å². The zero-order valence-electron chi connectivity index (χ0n) is 9.17. The largest absolute Gasteiger partial charge is 0.469 e. The number of methoxy groups -OCH3 is 1. The molecule has 0 radical (unpaired) electrons. The molecule has 0 saturated heterocycles. The average molecular weight is 216 g/mol. The van der Waals surface area contributed by atoms with E-state index in [1.54, 1.807) is 0 Å². The summed E-state index contributed by atoms with van der Waals surface area (Å²) in [5, 5.41) is 0. The Labute approximate surface area is 90.8 Å². The minimum absolute atomic E-state index is 0.0197. The molecule has 0 atom stereocenters. The molecule has 0 aromatic heterocycles. The van der Waals surface area contributed by atoms with Gasteiger partial charge in [-0.1, -0.05) is 19.3 Å². The number of hydrogen-bond donors (Lipinski definition) is 0. The summed E-state index contributed by atoms with van der Waals surface area (Å²) in [5.74, 6) is 1.08. The summed E-state index contributed by atoms with van der Waals surface area (Å²) in [6.07, 6.45) is 8.78. The molecule has 1 aliphatic rings. The lowest BCUT2D eigenvalue weighted by atomic mass is 9.72. The molecule has 0 heterocycles. The molecule has 0 N–H and O–H groups in total. The van der Waals surface area contributed by atoms with E-state index in [-0.39, 0.29) is 11.4 Å². The third-order valence-electron chi connectivity index (χ3n) is 3.21. The van der Waals surface area contributed by atoms with Crippen molar-refractivity contribution < 1.29 is 9.53 Å². The predicted molar refractivity (Wildman–Crippen MR) is 60.5 cm³/mol. The normalized spacial score (nSPS) is 20.4. The Morgan fingerprint density at radius 1 is 1.36 bits per heavy atom. The molecule has 0 aromatic carbocycles. The Balaban J connectivity index is 2.61. The number of rotatable bonds is 4. The van der Waals surface area contributed by atoms with Gasteiger partial charge in [-0.3, -0.25) is 4.79 Å². The molecule has 0 aromatic rings. The van der Waals surface area contributed by atoms with E-state index in [1.807, 2.05) is 11.8 Å². The monoisotopic (exact) mass is 216 g/mol. The third-order valence-corrected chi connectivity index (χ3v) is 3.83. The SMILES string of the molecule is COC(=O)C1(CCSC)CCCCC1. The van der Waals surface area contributed by atoms with E-state index < -0.39 is 0 Å². The molecule has 1 rings (SSSR count). The second kappa shape index (κ2) is 5.64. The molecule has 82 valence electrons. The Morgan fingerprint density at radius 3 is 2.50 bits per heavy atom. The van der Waals surface area contributed by atoms with E-state index in [0.717, 1.165) is 25.0 Å². The molecule has 0 bridgehead atoms. The van der Waals surface area contributed by atoms with E-state index in [1.165, 1.54) is 26.4 Å². The maximum Gasteiger partial charge on any atom is 0.311 e. The van der Waals surface area contributed by atoms with Gasteiger partial charge in [-0.15, -0.1) is 0 Å². The number of carbonyl (C=O) groups excluding carboxylic acids is 1. The first-order chi connectivity index (χ1) is 6.75. The third kappa shape index (κ3) is 2.66. The fraction of sp³-hybridized carbons (Fsp3) is 0.909. The van der Waals surface area contributed by atoms with Crippen molar-refractivity contribution in [3.8, 4) is 0 Å². The van der Waals surface area contributed by atoms with E-state index in [4.69, 9.17) is 4.74 Å².